The van der Waals surface area contributed by atoms with Crippen LogP contribution in [0.2, 0.25) is 0 Å². The lowest BCUT2D eigenvalue weighted by atomic mass is 10.0. The number of hydrogen-bond acceptors (Lipinski definition) is 4. The van der Waals surface area contributed by atoms with E-state index < -0.39 is 0 Å². The first kappa shape index (κ1) is 15.1. The molecule has 1 fully saturated rings. The highest BCUT2D eigenvalue weighted by molar-refractivity contribution is 5.61. The van der Waals surface area contributed by atoms with Crippen LogP contribution in [-0.2, 0) is 0 Å². The molecule has 1 aliphatic rings. The molecule has 2 N–H and O–H groups in total. The van der Waals surface area contributed by atoms with Crippen LogP contribution in [0.4, 0.5) is 5.69 Å². The lowest BCUT2D eigenvalue weighted by molar-refractivity contribution is 0.199. The Hall–Kier alpha value is -1.26. The van der Waals surface area contributed by atoms with E-state index in [0.717, 1.165) is 37.5 Å². The van der Waals surface area contributed by atoms with Gasteiger partial charge in [0.2, 0.25) is 0 Å². The van der Waals surface area contributed by atoms with Crippen molar-refractivity contribution in [3.8, 4) is 5.75 Å². The number of anilines is 1. The van der Waals surface area contributed by atoms with Gasteiger partial charge in [-0.1, -0.05) is 13.0 Å². The maximum Gasteiger partial charge on any atom is 0.125 e. The summed E-state index contributed by atoms with van der Waals surface area (Å²) < 4.78 is 5.49. The predicted octanol–water partition coefficient (Wildman–Crippen LogP) is 2.25. The first-order valence-corrected chi connectivity index (χ1v) is 7.50. The van der Waals surface area contributed by atoms with Crippen LogP contribution in [0.3, 0.4) is 0 Å². The Balaban J connectivity index is 2.29. The third-order valence-electron chi connectivity index (χ3n) is 4.23. The molecule has 4 heteroatoms. The minimum absolute atomic E-state index is 0.0272. The molecule has 0 amide bonds. The van der Waals surface area contributed by atoms with E-state index in [-0.39, 0.29) is 6.04 Å². The molecule has 2 unspecified atom stereocenters. The molecule has 2 rings (SSSR count). The van der Waals surface area contributed by atoms with Gasteiger partial charge in [0.15, 0.2) is 0 Å². The van der Waals surface area contributed by atoms with Crippen LogP contribution in [0, 0.1) is 0 Å². The lowest BCUT2D eigenvalue weighted by Crippen LogP contribution is -2.52. The van der Waals surface area contributed by atoms with Gasteiger partial charge in [0, 0.05) is 43.0 Å². The number of ether oxygens (including phenoxy) is 1. The van der Waals surface area contributed by atoms with Crippen molar-refractivity contribution in [3.63, 3.8) is 0 Å². The summed E-state index contributed by atoms with van der Waals surface area (Å²) in [7, 11) is 1.71. The molecule has 0 bridgehead atoms. The van der Waals surface area contributed by atoms with Crippen LogP contribution in [0.25, 0.3) is 0 Å². The summed E-state index contributed by atoms with van der Waals surface area (Å²) in [5.74, 6) is 0.892. The van der Waals surface area contributed by atoms with Gasteiger partial charge in [-0.2, -0.15) is 0 Å². The second kappa shape index (κ2) is 6.46. The second-order valence-corrected chi connectivity index (χ2v) is 5.61. The van der Waals surface area contributed by atoms with Crippen LogP contribution in [0.15, 0.2) is 18.2 Å². The molecule has 1 aromatic carbocycles. The number of benzene rings is 1. The molecule has 0 aliphatic carbocycles. The van der Waals surface area contributed by atoms with Crippen molar-refractivity contribution in [2.45, 2.75) is 32.9 Å². The predicted molar refractivity (Wildman–Crippen MR) is 84.5 cm³/mol. The fraction of sp³-hybridized carbons (Fsp3) is 0.625. The Labute approximate surface area is 122 Å². The fourth-order valence-corrected chi connectivity index (χ4v) is 3.13. The van der Waals surface area contributed by atoms with Gasteiger partial charge in [-0.05, 0) is 32.5 Å². The second-order valence-electron chi connectivity index (χ2n) is 5.61. The van der Waals surface area contributed by atoms with Crippen molar-refractivity contribution in [2.24, 2.45) is 5.73 Å². The van der Waals surface area contributed by atoms with Crippen LogP contribution in [0.1, 0.15) is 32.4 Å². The average Bonchev–Trinajstić information content (AvgIpc) is 2.46. The van der Waals surface area contributed by atoms with E-state index >= 15 is 0 Å². The maximum absolute atomic E-state index is 6.17. The van der Waals surface area contributed by atoms with Crippen molar-refractivity contribution >= 4 is 5.69 Å². The van der Waals surface area contributed by atoms with Crippen molar-refractivity contribution < 1.29 is 4.74 Å². The van der Waals surface area contributed by atoms with Crippen LogP contribution < -0.4 is 15.4 Å². The topological polar surface area (TPSA) is 41.7 Å². The molecule has 0 saturated carbocycles. The molecular weight excluding hydrogens is 250 g/mol. The molecule has 0 radical (unpaired) electrons. The number of nitrogens with zero attached hydrogens (tertiary/aromatic N) is 2. The molecule has 112 valence electrons. The summed E-state index contributed by atoms with van der Waals surface area (Å²) in [4.78, 5) is 4.96. The van der Waals surface area contributed by atoms with Crippen molar-refractivity contribution in [2.75, 3.05) is 38.2 Å². The third kappa shape index (κ3) is 2.91. The van der Waals surface area contributed by atoms with Gasteiger partial charge in [0.1, 0.15) is 5.75 Å². The first-order chi connectivity index (χ1) is 9.58. The van der Waals surface area contributed by atoms with E-state index in [9.17, 15) is 0 Å². The van der Waals surface area contributed by atoms with Crippen LogP contribution in [-0.4, -0.2) is 44.2 Å². The van der Waals surface area contributed by atoms with Crippen LogP contribution in [0.5, 0.6) is 5.75 Å². The van der Waals surface area contributed by atoms with Crippen LogP contribution >= 0.6 is 0 Å². The lowest BCUT2D eigenvalue weighted by Gasteiger charge is -2.41. The highest BCUT2D eigenvalue weighted by Gasteiger charge is 2.25. The molecule has 0 spiro atoms. The van der Waals surface area contributed by atoms with E-state index in [0.29, 0.717) is 6.04 Å². The van der Waals surface area contributed by atoms with E-state index in [1.807, 2.05) is 13.0 Å². The zero-order valence-corrected chi connectivity index (χ0v) is 13.1. The molecule has 0 aromatic heterocycles. The molecule has 1 aliphatic heterocycles. The molecule has 1 saturated heterocycles. The summed E-state index contributed by atoms with van der Waals surface area (Å²) in [6.45, 7) is 10.9. The SMILES string of the molecule is CCN1CCN(c2cccc(OC)c2C(C)N)CC1C. The summed E-state index contributed by atoms with van der Waals surface area (Å²) in [6, 6.07) is 6.75. The monoisotopic (exact) mass is 277 g/mol. The van der Waals surface area contributed by atoms with Crippen molar-refractivity contribution in [3.05, 3.63) is 23.8 Å². The maximum atomic E-state index is 6.17. The largest absolute Gasteiger partial charge is 0.496 e. The highest BCUT2D eigenvalue weighted by Crippen LogP contribution is 2.34. The number of hydrogen-bond donors (Lipinski definition) is 1. The minimum Gasteiger partial charge on any atom is -0.496 e. The van der Waals surface area contributed by atoms with Gasteiger partial charge < -0.3 is 15.4 Å². The van der Waals surface area contributed by atoms with Gasteiger partial charge in [0.05, 0.1) is 7.11 Å². The van der Waals surface area contributed by atoms with Gasteiger partial charge >= 0.3 is 0 Å². The minimum atomic E-state index is -0.0272. The van der Waals surface area contributed by atoms with E-state index in [1.165, 1.54) is 5.69 Å². The average molecular weight is 277 g/mol. The van der Waals surface area contributed by atoms with E-state index in [4.69, 9.17) is 10.5 Å². The summed E-state index contributed by atoms with van der Waals surface area (Å²) in [5, 5.41) is 0. The molecule has 20 heavy (non-hydrogen) atoms. The summed E-state index contributed by atoms with van der Waals surface area (Å²) in [5.41, 5.74) is 8.51. The first-order valence-electron chi connectivity index (χ1n) is 7.50. The molecular formula is C16H27N3O. The van der Waals surface area contributed by atoms with Gasteiger partial charge in [-0.25, -0.2) is 0 Å². The molecule has 2 atom stereocenters. The fourth-order valence-electron chi connectivity index (χ4n) is 3.13. The zero-order valence-electron chi connectivity index (χ0n) is 13.1. The molecule has 4 nitrogen and oxygen atoms in total. The Kier molecular flexibility index (Phi) is 4.89. The Morgan fingerprint density at radius 3 is 2.70 bits per heavy atom. The number of likely N-dealkylation sites (N-methyl/N-ethyl adjacent to an activating group) is 1. The smallest absolute Gasteiger partial charge is 0.125 e. The van der Waals surface area contributed by atoms with Gasteiger partial charge in [-0.3, -0.25) is 4.90 Å². The van der Waals surface area contributed by atoms with Crippen molar-refractivity contribution in [1.82, 2.24) is 4.90 Å². The normalized spacial score (nSPS) is 21.9. The Morgan fingerprint density at radius 1 is 1.40 bits per heavy atom. The molecule has 1 aromatic rings. The van der Waals surface area contributed by atoms with Gasteiger partial charge in [0.25, 0.3) is 0 Å². The number of nitrogens with two attached hydrogens (primary N) is 1. The van der Waals surface area contributed by atoms with E-state index in [1.54, 1.807) is 7.11 Å². The van der Waals surface area contributed by atoms with E-state index in [2.05, 4.69) is 35.8 Å². The summed E-state index contributed by atoms with van der Waals surface area (Å²) >= 11 is 0. The third-order valence-corrected chi connectivity index (χ3v) is 4.23. The number of piperazine rings is 1. The standard InChI is InChI=1S/C16H27N3O/c1-5-18-9-10-19(11-12(18)2)14-7-6-8-15(20-4)16(14)13(3)17/h6-8,12-13H,5,9-11,17H2,1-4H3. The Morgan fingerprint density at radius 2 is 2.15 bits per heavy atom. The van der Waals surface area contributed by atoms with Crippen molar-refractivity contribution in [1.29, 1.82) is 0 Å². The quantitative estimate of drug-likeness (QED) is 0.916. The molecule has 1 heterocycles. The number of rotatable bonds is 4. The summed E-state index contributed by atoms with van der Waals surface area (Å²) in [6.07, 6.45) is 0. The highest BCUT2D eigenvalue weighted by atomic mass is 16.5. The number of methoxy groups -OCH3 is 1. The van der Waals surface area contributed by atoms with Gasteiger partial charge in [-0.15, -0.1) is 0 Å². The zero-order chi connectivity index (χ0) is 14.7. The Bertz CT molecular complexity index is 447.